The fraction of sp³-hybridized carbons (Fsp3) is 0.538. The summed E-state index contributed by atoms with van der Waals surface area (Å²) in [5.74, 6) is -0.837. The second-order valence-electron chi connectivity index (χ2n) is 5.38. The molecule has 0 amide bonds. The van der Waals surface area contributed by atoms with Gasteiger partial charge in [0.15, 0.2) is 0 Å². The van der Waals surface area contributed by atoms with E-state index in [1.165, 1.54) is 6.07 Å². The SMILES string of the molecule is Nc1ccc(F)c(S(=O)(=O)NCC2(CO)CCCC2)c1. The topological polar surface area (TPSA) is 92.4 Å². The van der Waals surface area contributed by atoms with Crippen molar-refractivity contribution in [3.8, 4) is 0 Å². The van der Waals surface area contributed by atoms with E-state index in [0.29, 0.717) is 0 Å². The summed E-state index contributed by atoms with van der Waals surface area (Å²) >= 11 is 0. The molecule has 1 fully saturated rings. The van der Waals surface area contributed by atoms with Gasteiger partial charge in [-0.15, -0.1) is 0 Å². The fourth-order valence-corrected chi connectivity index (χ4v) is 3.84. The van der Waals surface area contributed by atoms with Gasteiger partial charge in [0.2, 0.25) is 10.0 Å². The number of nitrogens with one attached hydrogen (secondary N) is 1. The lowest BCUT2D eigenvalue weighted by Crippen LogP contribution is -2.38. The van der Waals surface area contributed by atoms with Crippen molar-refractivity contribution >= 4 is 15.7 Å². The van der Waals surface area contributed by atoms with Crippen molar-refractivity contribution < 1.29 is 17.9 Å². The van der Waals surface area contributed by atoms with Crippen molar-refractivity contribution in [1.82, 2.24) is 4.72 Å². The summed E-state index contributed by atoms with van der Waals surface area (Å²) < 4.78 is 40.3. The first-order chi connectivity index (χ1) is 9.38. The van der Waals surface area contributed by atoms with Gasteiger partial charge in [0.1, 0.15) is 10.7 Å². The Kier molecular flexibility index (Phi) is 4.31. The predicted molar refractivity (Wildman–Crippen MR) is 74.0 cm³/mol. The van der Waals surface area contributed by atoms with E-state index in [1.807, 2.05) is 0 Å². The Morgan fingerprint density at radius 1 is 1.35 bits per heavy atom. The highest BCUT2D eigenvalue weighted by atomic mass is 32.2. The van der Waals surface area contributed by atoms with Crippen molar-refractivity contribution in [1.29, 1.82) is 0 Å². The number of anilines is 1. The molecule has 20 heavy (non-hydrogen) atoms. The van der Waals surface area contributed by atoms with Crippen LogP contribution in [-0.4, -0.2) is 26.7 Å². The quantitative estimate of drug-likeness (QED) is 0.714. The maximum absolute atomic E-state index is 13.6. The van der Waals surface area contributed by atoms with E-state index >= 15 is 0 Å². The minimum atomic E-state index is -3.97. The van der Waals surface area contributed by atoms with Crippen LogP contribution in [0.5, 0.6) is 0 Å². The first-order valence-electron chi connectivity index (χ1n) is 6.54. The molecule has 0 saturated heterocycles. The summed E-state index contributed by atoms with van der Waals surface area (Å²) in [7, 11) is -3.97. The van der Waals surface area contributed by atoms with Gasteiger partial charge < -0.3 is 10.8 Å². The molecule has 0 radical (unpaired) electrons. The number of nitrogens with two attached hydrogens (primary N) is 1. The van der Waals surface area contributed by atoms with Crippen LogP contribution >= 0.6 is 0 Å². The number of aliphatic hydroxyl groups excluding tert-OH is 1. The summed E-state index contributed by atoms with van der Waals surface area (Å²) in [4.78, 5) is -0.455. The van der Waals surface area contributed by atoms with Crippen LogP contribution in [0.4, 0.5) is 10.1 Å². The van der Waals surface area contributed by atoms with Gasteiger partial charge in [-0.3, -0.25) is 0 Å². The highest BCUT2D eigenvalue weighted by molar-refractivity contribution is 7.89. The lowest BCUT2D eigenvalue weighted by Gasteiger charge is -2.26. The number of hydrogen-bond donors (Lipinski definition) is 3. The zero-order valence-electron chi connectivity index (χ0n) is 11.1. The van der Waals surface area contributed by atoms with Crippen molar-refractivity contribution in [3.63, 3.8) is 0 Å². The van der Waals surface area contributed by atoms with E-state index in [1.54, 1.807) is 0 Å². The summed E-state index contributed by atoms with van der Waals surface area (Å²) in [6.45, 7) is 0.0367. The van der Waals surface area contributed by atoms with Crippen LogP contribution in [0.1, 0.15) is 25.7 Å². The van der Waals surface area contributed by atoms with Crippen LogP contribution < -0.4 is 10.5 Å². The maximum Gasteiger partial charge on any atom is 0.243 e. The summed E-state index contributed by atoms with van der Waals surface area (Å²) in [5.41, 5.74) is 5.25. The first-order valence-corrected chi connectivity index (χ1v) is 8.02. The monoisotopic (exact) mass is 302 g/mol. The average Bonchev–Trinajstić information content (AvgIpc) is 2.89. The maximum atomic E-state index is 13.6. The van der Waals surface area contributed by atoms with Gasteiger partial charge in [-0.05, 0) is 31.0 Å². The van der Waals surface area contributed by atoms with Crippen molar-refractivity contribution in [2.75, 3.05) is 18.9 Å². The molecular formula is C13H19FN2O3S. The molecule has 5 nitrogen and oxygen atoms in total. The van der Waals surface area contributed by atoms with Gasteiger partial charge in [0.25, 0.3) is 0 Å². The van der Waals surface area contributed by atoms with Gasteiger partial charge in [0, 0.05) is 24.3 Å². The van der Waals surface area contributed by atoms with E-state index < -0.39 is 26.2 Å². The van der Waals surface area contributed by atoms with Crippen LogP contribution in [0.15, 0.2) is 23.1 Å². The molecule has 1 saturated carbocycles. The summed E-state index contributed by atoms with van der Waals surface area (Å²) in [6.07, 6.45) is 3.47. The molecule has 112 valence electrons. The Morgan fingerprint density at radius 3 is 2.60 bits per heavy atom. The molecule has 0 bridgehead atoms. The third kappa shape index (κ3) is 3.11. The van der Waals surface area contributed by atoms with Gasteiger partial charge in [0.05, 0.1) is 0 Å². The number of nitrogen functional groups attached to an aromatic ring is 1. The van der Waals surface area contributed by atoms with Crippen LogP contribution in [-0.2, 0) is 10.0 Å². The van der Waals surface area contributed by atoms with Crippen LogP contribution in [0.2, 0.25) is 0 Å². The van der Waals surface area contributed by atoms with E-state index in [4.69, 9.17) is 5.73 Å². The average molecular weight is 302 g/mol. The fourth-order valence-electron chi connectivity index (χ4n) is 2.57. The molecule has 0 atom stereocenters. The number of rotatable bonds is 5. The van der Waals surface area contributed by atoms with Gasteiger partial charge in [-0.2, -0.15) is 0 Å². The number of benzene rings is 1. The molecule has 4 N–H and O–H groups in total. The number of halogens is 1. The number of hydrogen-bond acceptors (Lipinski definition) is 4. The molecule has 1 aromatic rings. The molecule has 0 heterocycles. The molecular weight excluding hydrogens is 283 g/mol. The molecule has 1 aromatic carbocycles. The minimum Gasteiger partial charge on any atom is -0.399 e. The Bertz CT molecular complexity index is 583. The second-order valence-corrected chi connectivity index (χ2v) is 7.12. The normalized spacial score (nSPS) is 18.3. The Labute approximate surface area is 118 Å². The highest BCUT2D eigenvalue weighted by Crippen LogP contribution is 2.37. The van der Waals surface area contributed by atoms with E-state index in [-0.39, 0.29) is 18.8 Å². The van der Waals surface area contributed by atoms with Gasteiger partial charge >= 0.3 is 0 Å². The Hall–Kier alpha value is -1.18. The highest BCUT2D eigenvalue weighted by Gasteiger charge is 2.34. The predicted octanol–water partition coefficient (Wildman–Crippen LogP) is 1.24. The third-order valence-electron chi connectivity index (χ3n) is 3.88. The van der Waals surface area contributed by atoms with E-state index in [9.17, 15) is 17.9 Å². The largest absolute Gasteiger partial charge is 0.399 e. The van der Waals surface area contributed by atoms with Crippen molar-refractivity contribution in [2.45, 2.75) is 30.6 Å². The van der Waals surface area contributed by atoms with Crippen LogP contribution in [0.25, 0.3) is 0 Å². The van der Waals surface area contributed by atoms with Crippen LogP contribution in [0.3, 0.4) is 0 Å². The van der Waals surface area contributed by atoms with Crippen molar-refractivity contribution in [3.05, 3.63) is 24.0 Å². The minimum absolute atomic E-state index is 0.0745. The smallest absolute Gasteiger partial charge is 0.243 e. The lowest BCUT2D eigenvalue weighted by molar-refractivity contribution is 0.134. The zero-order valence-corrected chi connectivity index (χ0v) is 11.9. The molecule has 7 heteroatoms. The van der Waals surface area contributed by atoms with Gasteiger partial charge in [-0.25, -0.2) is 17.5 Å². The van der Waals surface area contributed by atoms with Gasteiger partial charge in [-0.1, -0.05) is 12.8 Å². The zero-order chi connectivity index (χ0) is 14.8. The summed E-state index contributed by atoms with van der Waals surface area (Å²) in [6, 6.07) is 3.43. The van der Waals surface area contributed by atoms with Crippen molar-refractivity contribution in [2.24, 2.45) is 5.41 Å². The Balaban J connectivity index is 2.17. The summed E-state index contributed by atoms with van der Waals surface area (Å²) in [5, 5.41) is 9.45. The number of sulfonamides is 1. The molecule has 0 spiro atoms. The Morgan fingerprint density at radius 2 is 2.00 bits per heavy atom. The van der Waals surface area contributed by atoms with Crippen LogP contribution in [0, 0.1) is 11.2 Å². The molecule has 0 aliphatic heterocycles. The molecule has 1 aliphatic carbocycles. The third-order valence-corrected chi connectivity index (χ3v) is 5.30. The first kappa shape index (κ1) is 15.2. The van der Waals surface area contributed by atoms with E-state index in [2.05, 4.69) is 4.72 Å². The number of aliphatic hydroxyl groups is 1. The molecule has 0 aromatic heterocycles. The molecule has 1 aliphatic rings. The van der Waals surface area contributed by atoms with E-state index in [0.717, 1.165) is 37.8 Å². The molecule has 0 unspecified atom stereocenters. The molecule has 2 rings (SSSR count). The lowest BCUT2D eigenvalue weighted by atomic mass is 9.88. The second kappa shape index (κ2) is 5.67. The standard InChI is InChI=1S/C13H19FN2O3S/c14-11-4-3-10(15)7-12(11)20(18,19)16-8-13(9-17)5-1-2-6-13/h3-4,7,16-17H,1-2,5-6,8-9,15H2.